The van der Waals surface area contributed by atoms with Gasteiger partial charge in [-0.15, -0.1) is 0 Å². The molecular formula is C22H28N2O4. The van der Waals surface area contributed by atoms with Gasteiger partial charge in [0, 0.05) is 43.5 Å². The van der Waals surface area contributed by atoms with Crippen molar-refractivity contribution in [2.24, 2.45) is 0 Å². The Hall–Kier alpha value is -2.89. The first-order valence-corrected chi connectivity index (χ1v) is 9.34. The van der Waals surface area contributed by atoms with Crippen LogP contribution in [0, 0.1) is 0 Å². The molecule has 1 aromatic carbocycles. The highest BCUT2D eigenvalue weighted by molar-refractivity contribution is 5.94. The van der Waals surface area contributed by atoms with Gasteiger partial charge in [0.05, 0.1) is 0 Å². The van der Waals surface area contributed by atoms with E-state index in [2.05, 4.69) is 4.98 Å². The molecule has 0 atom stereocenters. The van der Waals surface area contributed by atoms with E-state index in [0.717, 1.165) is 5.56 Å². The number of esters is 1. The zero-order chi connectivity index (χ0) is 20.6. The molecule has 0 aliphatic heterocycles. The Morgan fingerprint density at radius 3 is 2.61 bits per heavy atom. The van der Waals surface area contributed by atoms with Crippen LogP contribution >= 0.6 is 0 Å². The topological polar surface area (TPSA) is 68.7 Å². The number of benzene rings is 1. The van der Waals surface area contributed by atoms with Crippen LogP contribution in [-0.4, -0.2) is 41.0 Å². The Morgan fingerprint density at radius 1 is 1.14 bits per heavy atom. The number of amides is 1. The third kappa shape index (κ3) is 7.39. The van der Waals surface area contributed by atoms with Crippen LogP contribution in [-0.2, 0) is 16.1 Å². The average molecular weight is 384 g/mol. The zero-order valence-electron chi connectivity index (χ0n) is 17.0. The molecule has 0 unspecified atom stereocenters. The highest BCUT2D eigenvalue weighted by Crippen LogP contribution is 2.17. The number of hydrogen-bond donors (Lipinski definition) is 0. The summed E-state index contributed by atoms with van der Waals surface area (Å²) in [5.41, 5.74) is 1.01. The fraction of sp³-hybridized carbons (Fsp3) is 0.409. The molecule has 0 aliphatic carbocycles. The number of ether oxygens (including phenoxy) is 2. The molecule has 150 valence electrons. The smallest absolute Gasteiger partial charge is 0.306 e. The fourth-order valence-electron chi connectivity index (χ4n) is 2.54. The van der Waals surface area contributed by atoms with Gasteiger partial charge in [0.15, 0.2) is 0 Å². The first kappa shape index (κ1) is 21.4. The summed E-state index contributed by atoms with van der Waals surface area (Å²) in [5.74, 6) is 0.257. The molecular weight excluding hydrogens is 356 g/mol. The van der Waals surface area contributed by atoms with E-state index < -0.39 is 5.60 Å². The Bertz CT molecular complexity index is 785. The third-order valence-corrected chi connectivity index (χ3v) is 3.85. The molecule has 0 bridgehead atoms. The van der Waals surface area contributed by atoms with E-state index in [0.29, 0.717) is 30.9 Å². The number of aromatic nitrogens is 1. The summed E-state index contributed by atoms with van der Waals surface area (Å²) in [6.45, 7) is 6.37. The number of pyridine rings is 1. The number of rotatable bonds is 8. The fourth-order valence-corrected chi connectivity index (χ4v) is 2.54. The lowest BCUT2D eigenvalue weighted by molar-refractivity contribution is -0.154. The SMILES string of the molecule is CN(CCCC(=O)OC(C)(C)C)C(=O)c1cccc(OCc2cccnc2)c1. The molecule has 28 heavy (non-hydrogen) atoms. The van der Waals surface area contributed by atoms with Crippen molar-refractivity contribution in [3.8, 4) is 5.75 Å². The van der Waals surface area contributed by atoms with Gasteiger partial charge in [-0.2, -0.15) is 0 Å². The Morgan fingerprint density at radius 2 is 1.93 bits per heavy atom. The normalized spacial score (nSPS) is 11.0. The lowest BCUT2D eigenvalue weighted by Crippen LogP contribution is -2.29. The summed E-state index contributed by atoms with van der Waals surface area (Å²) in [7, 11) is 1.72. The zero-order valence-corrected chi connectivity index (χ0v) is 17.0. The molecule has 2 aromatic rings. The van der Waals surface area contributed by atoms with Crippen LogP contribution in [0.4, 0.5) is 0 Å². The van der Waals surface area contributed by atoms with Crippen LogP contribution in [0.15, 0.2) is 48.8 Å². The van der Waals surface area contributed by atoms with Gasteiger partial charge < -0.3 is 14.4 Å². The van der Waals surface area contributed by atoms with E-state index in [4.69, 9.17) is 9.47 Å². The van der Waals surface area contributed by atoms with Crippen molar-refractivity contribution in [3.05, 3.63) is 59.9 Å². The van der Waals surface area contributed by atoms with Crippen molar-refractivity contribution in [1.29, 1.82) is 0 Å². The van der Waals surface area contributed by atoms with E-state index in [1.165, 1.54) is 0 Å². The maximum absolute atomic E-state index is 12.6. The van der Waals surface area contributed by atoms with Crippen LogP contribution in [0.5, 0.6) is 5.75 Å². The summed E-state index contributed by atoms with van der Waals surface area (Å²) in [5, 5.41) is 0. The number of nitrogens with zero attached hydrogens (tertiary/aromatic N) is 2. The summed E-state index contributed by atoms with van der Waals surface area (Å²) in [4.78, 5) is 30.0. The van der Waals surface area contributed by atoms with E-state index >= 15 is 0 Å². The minimum absolute atomic E-state index is 0.115. The Labute approximate surface area is 166 Å². The van der Waals surface area contributed by atoms with Crippen LogP contribution in [0.3, 0.4) is 0 Å². The standard InChI is InChI=1S/C22H28N2O4/c1-22(2,3)28-20(25)11-7-13-24(4)21(26)18-9-5-10-19(14-18)27-16-17-8-6-12-23-15-17/h5-6,8-10,12,14-15H,7,11,13,16H2,1-4H3. The second-order valence-electron chi connectivity index (χ2n) is 7.59. The maximum atomic E-state index is 12.6. The van der Waals surface area contributed by atoms with Gasteiger partial charge in [-0.05, 0) is 51.5 Å². The first-order chi connectivity index (χ1) is 13.2. The summed E-state index contributed by atoms with van der Waals surface area (Å²) in [6.07, 6.45) is 4.28. The van der Waals surface area contributed by atoms with Crippen molar-refractivity contribution in [2.45, 2.75) is 45.8 Å². The van der Waals surface area contributed by atoms with E-state index in [-0.39, 0.29) is 18.3 Å². The number of carbonyl (C=O) groups is 2. The van der Waals surface area contributed by atoms with Gasteiger partial charge in [-0.25, -0.2) is 0 Å². The minimum Gasteiger partial charge on any atom is -0.489 e. The van der Waals surface area contributed by atoms with Crippen molar-refractivity contribution >= 4 is 11.9 Å². The van der Waals surface area contributed by atoms with Crippen molar-refractivity contribution < 1.29 is 19.1 Å². The summed E-state index contributed by atoms with van der Waals surface area (Å²) >= 11 is 0. The molecule has 2 rings (SSSR count). The van der Waals surface area contributed by atoms with Crippen LogP contribution in [0.2, 0.25) is 0 Å². The van der Waals surface area contributed by atoms with Gasteiger partial charge in [-0.1, -0.05) is 12.1 Å². The number of carbonyl (C=O) groups excluding carboxylic acids is 2. The number of hydrogen-bond acceptors (Lipinski definition) is 5. The average Bonchev–Trinajstić information content (AvgIpc) is 2.65. The molecule has 0 spiro atoms. The second kappa shape index (κ2) is 9.88. The van der Waals surface area contributed by atoms with E-state index in [1.54, 1.807) is 42.5 Å². The van der Waals surface area contributed by atoms with Crippen molar-refractivity contribution in [1.82, 2.24) is 9.88 Å². The van der Waals surface area contributed by atoms with Gasteiger partial charge in [0.2, 0.25) is 0 Å². The van der Waals surface area contributed by atoms with Crippen molar-refractivity contribution in [3.63, 3.8) is 0 Å². The molecule has 6 nitrogen and oxygen atoms in total. The molecule has 6 heteroatoms. The van der Waals surface area contributed by atoms with Crippen LogP contribution in [0.25, 0.3) is 0 Å². The van der Waals surface area contributed by atoms with E-state index in [9.17, 15) is 9.59 Å². The molecule has 0 saturated heterocycles. The van der Waals surface area contributed by atoms with Crippen molar-refractivity contribution in [2.75, 3.05) is 13.6 Å². The summed E-state index contributed by atoms with van der Waals surface area (Å²) < 4.78 is 11.0. The summed E-state index contributed by atoms with van der Waals surface area (Å²) in [6, 6.07) is 10.9. The lowest BCUT2D eigenvalue weighted by atomic mass is 10.1. The molecule has 0 fully saturated rings. The first-order valence-electron chi connectivity index (χ1n) is 9.34. The second-order valence-corrected chi connectivity index (χ2v) is 7.59. The molecule has 0 saturated carbocycles. The van der Waals surface area contributed by atoms with Gasteiger partial charge in [0.25, 0.3) is 5.91 Å². The lowest BCUT2D eigenvalue weighted by Gasteiger charge is -2.20. The highest BCUT2D eigenvalue weighted by Gasteiger charge is 2.17. The Balaban J connectivity index is 1.84. The van der Waals surface area contributed by atoms with Gasteiger partial charge >= 0.3 is 5.97 Å². The maximum Gasteiger partial charge on any atom is 0.306 e. The molecule has 0 radical (unpaired) electrons. The quantitative estimate of drug-likeness (QED) is 0.647. The highest BCUT2D eigenvalue weighted by atomic mass is 16.6. The largest absolute Gasteiger partial charge is 0.489 e. The molecule has 1 heterocycles. The predicted octanol–water partition coefficient (Wildman–Crippen LogP) is 3.85. The van der Waals surface area contributed by atoms with Crippen LogP contribution < -0.4 is 4.74 Å². The molecule has 1 aromatic heterocycles. The predicted molar refractivity (Wildman–Crippen MR) is 107 cm³/mol. The van der Waals surface area contributed by atoms with Gasteiger partial charge in [-0.3, -0.25) is 14.6 Å². The third-order valence-electron chi connectivity index (χ3n) is 3.85. The molecule has 0 N–H and O–H groups in total. The Kier molecular flexibility index (Phi) is 7.55. The minimum atomic E-state index is -0.491. The van der Waals surface area contributed by atoms with Crippen LogP contribution in [0.1, 0.15) is 49.5 Å². The van der Waals surface area contributed by atoms with Gasteiger partial charge in [0.1, 0.15) is 18.0 Å². The molecule has 1 amide bonds. The molecule has 0 aliphatic rings. The monoisotopic (exact) mass is 384 g/mol. The van der Waals surface area contributed by atoms with E-state index in [1.807, 2.05) is 39.0 Å².